The standard InChI is InChI=1S/C18H17FN4O/c1-12-17(23-16-9-5-4-8-15(16)22-12)20-10-11-21-18(24)13-6-2-3-7-14(13)19/h2-9H,10-11H2,1H3,(H,20,23)(H,21,24). The lowest BCUT2D eigenvalue weighted by Crippen LogP contribution is -2.29. The van der Waals surface area contributed by atoms with Gasteiger partial charge in [0.1, 0.15) is 11.6 Å². The first-order valence-corrected chi connectivity index (χ1v) is 7.65. The van der Waals surface area contributed by atoms with Crippen LogP contribution in [-0.2, 0) is 0 Å². The van der Waals surface area contributed by atoms with Crippen molar-refractivity contribution in [1.82, 2.24) is 15.3 Å². The summed E-state index contributed by atoms with van der Waals surface area (Å²) in [5, 5.41) is 5.82. The molecule has 1 aromatic heterocycles. The fourth-order valence-electron chi connectivity index (χ4n) is 2.35. The van der Waals surface area contributed by atoms with Crippen molar-refractivity contribution >= 4 is 22.8 Å². The third-order valence-electron chi connectivity index (χ3n) is 3.57. The molecule has 0 unspecified atom stereocenters. The van der Waals surface area contributed by atoms with Crippen LogP contribution in [0.4, 0.5) is 10.2 Å². The minimum absolute atomic E-state index is 0.0409. The fraction of sp³-hybridized carbons (Fsp3) is 0.167. The summed E-state index contributed by atoms with van der Waals surface area (Å²) in [6.07, 6.45) is 0. The number of carbonyl (C=O) groups excluding carboxylic acids is 1. The van der Waals surface area contributed by atoms with E-state index in [0.717, 1.165) is 16.7 Å². The predicted molar refractivity (Wildman–Crippen MR) is 91.5 cm³/mol. The molecule has 0 aliphatic heterocycles. The summed E-state index contributed by atoms with van der Waals surface area (Å²) in [4.78, 5) is 20.9. The highest BCUT2D eigenvalue weighted by atomic mass is 19.1. The Bertz CT molecular complexity index is 882. The summed E-state index contributed by atoms with van der Waals surface area (Å²) in [6.45, 7) is 2.69. The SMILES string of the molecule is Cc1nc2ccccc2nc1NCCNC(=O)c1ccccc1F. The topological polar surface area (TPSA) is 66.9 Å². The number of carbonyl (C=O) groups is 1. The minimum Gasteiger partial charge on any atom is -0.367 e. The van der Waals surface area contributed by atoms with Crippen LogP contribution in [-0.4, -0.2) is 29.0 Å². The third-order valence-corrected chi connectivity index (χ3v) is 3.57. The number of hydrogen-bond donors (Lipinski definition) is 2. The van der Waals surface area contributed by atoms with Crippen molar-refractivity contribution in [2.45, 2.75) is 6.92 Å². The maximum Gasteiger partial charge on any atom is 0.254 e. The average molecular weight is 324 g/mol. The maximum atomic E-state index is 13.5. The van der Waals surface area contributed by atoms with Gasteiger partial charge >= 0.3 is 0 Å². The normalized spacial score (nSPS) is 10.6. The van der Waals surface area contributed by atoms with Crippen LogP contribution in [0.25, 0.3) is 11.0 Å². The number of nitrogens with one attached hydrogen (secondary N) is 2. The largest absolute Gasteiger partial charge is 0.367 e. The Morgan fingerprint density at radius 1 is 1.00 bits per heavy atom. The molecule has 2 aromatic carbocycles. The van der Waals surface area contributed by atoms with Crippen molar-refractivity contribution in [2.24, 2.45) is 0 Å². The van der Waals surface area contributed by atoms with E-state index in [1.807, 2.05) is 31.2 Å². The zero-order valence-corrected chi connectivity index (χ0v) is 13.2. The van der Waals surface area contributed by atoms with Gasteiger partial charge in [0.25, 0.3) is 5.91 Å². The predicted octanol–water partition coefficient (Wildman–Crippen LogP) is 2.92. The number of rotatable bonds is 5. The van der Waals surface area contributed by atoms with Crippen LogP contribution in [0.15, 0.2) is 48.5 Å². The molecule has 0 bridgehead atoms. The minimum atomic E-state index is -0.529. The monoisotopic (exact) mass is 324 g/mol. The van der Waals surface area contributed by atoms with E-state index < -0.39 is 11.7 Å². The first kappa shape index (κ1) is 15.9. The number of anilines is 1. The molecule has 5 nitrogen and oxygen atoms in total. The Morgan fingerprint density at radius 3 is 2.42 bits per heavy atom. The molecule has 0 aliphatic carbocycles. The molecule has 3 aromatic rings. The number of para-hydroxylation sites is 2. The van der Waals surface area contributed by atoms with E-state index in [0.29, 0.717) is 18.9 Å². The Balaban J connectivity index is 1.58. The first-order valence-electron chi connectivity index (χ1n) is 7.65. The van der Waals surface area contributed by atoms with Crippen LogP contribution in [0.2, 0.25) is 0 Å². The van der Waals surface area contributed by atoms with E-state index in [1.54, 1.807) is 12.1 Å². The molecule has 0 atom stereocenters. The molecule has 0 spiro atoms. The Kier molecular flexibility index (Phi) is 4.65. The van der Waals surface area contributed by atoms with Gasteiger partial charge in [0, 0.05) is 13.1 Å². The molecule has 0 saturated heterocycles. The van der Waals surface area contributed by atoms with Crippen LogP contribution in [0, 0.1) is 12.7 Å². The van der Waals surface area contributed by atoms with E-state index in [2.05, 4.69) is 20.6 Å². The smallest absolute Gasteiger partial charge is 0.254 e. The van der Waals surface area contributed by atoms with Crippen LogP contribution in [0.5, 0.6) is 0 Å². The van der Waals surface area contributed by atoms with Crippen LogP contribution in [0.1, 0.15) is 16.1 Å². The number of fused-ring (bicyclic) bond motifs is 1. The van der Waals surface area contributed by atoms with Crippen molar-refractivity contribution in [3.05, 3.63) is 65.6 Å². The summed E-state index contributed by atoms with van der Waals surface area (Å²) in [6, 6.07) is 13.5. The second-order valence-corrected chi connectivity index (χ2v) is 5.31. The number of aryl methyl sites for hydroxylation is 1. The molecule has 0 radical (unpaired) electrons. The molecule has 1 amide bonds. The molecular weight excluding hydrogens is 307 g/mol. The Hall–Kier alpha value is -3.02. The first-order chi connectivity index (χ1) is 11.6. The number of hydrogen-bond acceptors (Lipinski definition) is 4. The second kappa shape index (κ2) is 7.04. The third kappa shape index (κ3) is 3.48. The molecule has 122 valence electrons. The summed E-state index contributed by atoms with van der Waals surface area (Å²) < 4.78 is 13.5. The molecule has 1 heterocycles. The highest BCUT2D eigenvalue weighted by Gasteiger charge is 2.10. The highest BCUT2D eigenvalue weighted by Crippen LogP contribution is 2.15. The van der Waals surface area contributed by atoms with Crippen molar-refractivity contribution < 1.29 is 9.18 Å². The van der Waals surface area contributed by atoms with Gasteiger partial charge in [-0.1, -0.05) is 24.3 Å². The van der Waals surface area contributed by atoms with E-state index in [9.17, 15) is 9.18 Å². The van der Waals surface area contributed by atoms with Gasteiger partial charge in [-0.25, -0.2) is 14.4 Å². The zero-order valence-electron chi connectivity index (χ0n) is 13.2. The van der Waals surface area contributed by atoms with E-state index in [4.69, 9.17) is 0 Å². The van der Waals surface area contributed by atoms with E-state index in [-0.39, 0.29) is 5.56 Å². The van der Waals surface area contributed by atoms with Crippen LogP contribution in [0.3, 0.4) is 0 Å². The van der Waals surface area contributed by atoms with Crippen molar-refractivity contribution in [3.63, 3.8) is 0 Å². The van der Waals surface area contributed by atoms with Gasteiger partial charge in [-0.3, -0.25) is 4.79 Å². The number of amides is 1. The lowest BCUT2D eigenvalue weighted by atomic mass is 10.2. The van der Waals surface area contributed by atoms with Gasteiger partial charge in [-0.15, -0.1) is 0 Å². The summed E-state index contributed by atoms with van der Waals surface area (Å²) in [5.74, 6) is -0.288. The molecule has 24 heavy (non-hydrogen) atoms. The maximum absolute atomic E-state index is 13.5. The van der Waals surface area contributed by atoms with Gasteiger partial charge in [0.05, 0.1) is 22.3 Å². The zero-order chi connectivity index (χ0) is 16.9. The second-order valence-electron chi connectivity index (χ2n) is 5.31. The van der Waals surface area contributed by atoms with Gasteiger partial charge < -0.3 is 10.6 Å². The van der Waals surface area contributed by atoms with Gasteiger partial charge in [-0.2, -0.15) is 0 Å². The van der Waals surface area contributed by atoms with Crippen molar-refractivity contribution in [1.29, 1.82) is 0 Å². The molecule has 0 aliphatic rings. The number of nitrogens with zero attached hydrogens (tertiary/aromatic N) is 2. The molecule has 0 saturated carbocycles. The quantitative estimate of drug-likeness (QED) is 0.708. The number of benzene rings is 2. The number of aromatic nitrogens is 2. The molecule has 2 N–H and O–H groups in total. The lowest BCUT2D eigenvalue weighted by molar-refractivity contribution is 0.0951. The summed E-state index contributed by atoms with van der Waals surface area (Å²) in [7, 11) is 0. The van der Waals surface area contributed by atoms with Crippen LogP contribution < -0.4 is 10.6 Å². The Morgan fingerprint density at radius 2 is 1.67 bits per heavy atom. The highest BCUT2D eigenvalue weighted by molar-refractivity contribution is 5.94. The molecule has 0 fully saturated rings. The van der Waals surface area contributed by atoms with Gasteiger partial charge in [-0.05, 0) is 31.2 Å². The van der Waals surface area contributed by atoms with E-state index in [1.165, 1.54) is 12.1 Å². The molecule has 3 rings (SSSR count). The van der Waals surface area contributed by atoms with Crippen molar-refractivity contribution in [3.8, 4) is 0 Å². The van der Waals surface area contributed by atoms with Gasteiger partial charge in [0.2, 0.25) is 0 Å². The molecule has 6 heteroatoms. The van der Waals surface area contributed by atoms with Gasteiger partial charge in [0.15, 0.2) is 0 Å². The Labute approximate surface area is 138 Å². The summed E-state index contributed by atoms with van der Waals surface area (Å²) >= 11 is 0. The van der Waals surface area contributed by atoms with E-state index >= 15 is 0 Å². The van der Waals surface area contributed by atoms with Crippen molar-refractivity contribution in [2.75, 3.05) is 18.4 Å². The average Bonchev–Trinajstić information content (AvgIpc) is 2.59. The van der Waals surface area contributed by atoms with Crippen LogP contribution >= 0.6 is 0 Å². The fourth-order valence-corrected chi connectivity index (χ4v) is 2.35. The molecular formula is C18H17FN4O. The lowest BCUT2D eigenvalue weighted by Gasteiger charge is -2.10. The summed E-state index contributed by atoms with van der Waals surface area (Å²) in [5.41, 5.74) is 2.47. The number of halogens is 1.